The normalized spacial score (nSPS) is 12.4. The lowest BCUT2D eigenvalue weighted by Gasteiger charge is -2.02. The number of carbonyl (C=O) groups is 2. The lowest BCUT2D eigenvalue weighted by atomic mass is 10.1. The van der Waals surface area contributed by atoms with Crippen LogP contribution in [0, 0.1) is 0 Å². The van der Waals surface area contributed by atoms with E-state index in [1.165, 1.54) is 6.08 Å². The highest BCUT2D eigenvalue weighted by Crippen LogP contribution is 2.32. The molecular weight excluding hydrogens is 308 g/mol. The molecular formula is C19H16O5. The molecule has 0 spiro atoms. The summed E-state index contributed by atoms with van der Waals surface area (Å²) < 4.78 is 15.4. The number of fused-ring (bicyclic) bond motifs is 1. The molecule has 3 rings (SSSR count). The number of hydrogen-bond donors (Lipinski definition) is 0. The molecule has 1 heterocycles. The monoisotopic (exact) mass is 324 g/mol. The van der Waals surface area contributed by atoms with Gasteiger partial charge >= 0.3 is 5.97 Å². The van der Waals surface area contributed by atoms with Gasteiger partial charge in [-0.3, -0.25) is 4.79 Å². The number of ether oxygens (including phenoxy) is 3. The molecule has 1 aliphatic heterocycles. The third kappa shape index (κ3) is 3.46. The molecule has 0 bridgehead atoms. The van der Waals surface area contributed by atoms with E-state index in [9.17, 15) is 9.59 Å². The van der Waals surface area contributed by atoms with Crippen LogP contribution in [0.3, 0.4) is 0 Å². The summed E-state index contributed by atoms with van der Waals surface area (Å²) in [6, 6.07) is 11.9. The van der Waals surface area contributed by atoms with Crippen molar-refractivity contribution in [2.75, 3.05) is 13.4 Å². The van der Waals surface area contributed by atoms with E-state index in [-0.39, 0.29) is 18.5 Å². The minimum absolute atomic E-state index is 0.136. The van der Waals surface area contributed by atoms with E-state index in [0.717, 1.165) is 5.56 Å². The predicted octanol–water partition coefficient (Wildman–Crippen LogP) is 3.49. The third-order valence-corrected chi connectivity index (χ3v) is 3.51. The Morgan fingerprint density at radius 3 is 2.50 bits per heavy atom. The smallest absolute Gasteiger partial charge is 0.338 e. The van der Waals surface area contributed by atoms with Crippen molar-refractivity contribution in [3.63, 3.8) is 0 Å². The Labute approximate surface area is 139 Å². The Morgan fingerprint density at radius 2 is 1.75 bits per heavy atom. The van der Waals surface area contributed by atoms with Gasteiger partial charge in [-0.05, 0) is 48.9 Å². The molecule has 0 unspecified atom stereocenters. The fourth-order valence-electron chi connectivity index (χ4n) is 2.26. The molecule has 2 aromatic rings. The van der Waals surface area contributed by atoms with Gasteiger partial charge in [0.25, 0.3) is 0 Å². The van der Waals surface area contributed by atoms with Gasteiger partial charge in [0.2, 0.25) is 6.79 Å². The number of allylic oxidation sites excluding steroid dienone is 1. The second-order valence-electron chi connectivity index (χ2n) is 5.11. The Hall–Kier alpha value is -3.08. The van der Waals surface area contributed by atoms with Crippen LogP contribution in [0.5, 0.6) is 11.5 Å². The average Bonchev–Trinajstić information content (AvgIpc) is 3.08. The summed E-state index contributed by atoms with van der Waals surface area (Å²) in [5, 5.41) is 0. The van der Waals surface area contributed by atoms with Crippen LogP contribution in [0.2, 0.25) is 0 Å². The van der Waals surface area contributed by atoms with Crippen LogP contribution in [0.1, 0.15) is 33.2 Å². The molecule has 122 valence electrons. The van der Waals surface area contributed by atoms with Crippen LogP contribution in [-0.4, -0.2) is 25.2 Å². The first-order valence-corrected chi connectivity index (χ1v) is 7.56. The molecule has 2 aromatic carbocycles. The summed E-state index contributed by atoms with van der Waals surface area (Å²) >= 11 is 0. The lowest BCUT2D eigenvalue weighted by Crippen LogP contribution is -2.04. The predicted molar refractivity (Wildman–Crippen MR) is 88.3 cm³/mol. The molecule has 0 saturated carbocycles. The zero-order valence-corrected chi connectivity index (χ0v) is 13.2. The highest BCUT2D eigenvalue weighted by atomic mass is 16.7. The van der Waals surface area contributed by atoms with Crippen molar-refractivity contribution in [2.24, 2.45) is 0 Å². The molecule has 5 nitrogen and oxygen atoms in total. The molecule has 0 radical (unpaired) electrons. The fourth-order valence-corrected chi connectivity index (χ4v) is 2.26. The van der Waals surface area contributed by atoms with Gasteiger partial charge in [0, 0.05) is 5.56 Å². The molecule has 1 aliphatic rings. The van der Waals surface area contributed by atoms with Crippen LogP contribution in [-0.2, 0) is 4.74 Å². The van der Waals surface area contributed by atoms with Gasteiger partial charge in [0.05, 0.1) is 12.2 Å². The summed E-state index contributed by atoms with van der Waals surface area (Å²) in [4.78, 5) is 23.8. The standard InChI is InChI=1S/C19H16O5/c1-2-22-19(21)14-6-3-13(4-7-14)5-9-16(20)15-8-10-17-18(11-15)24-12-23-17/h3-11H,2,12H2,1H3/b9-5+. The number of esters is 1. The second-order valence-corrected chi connectivity index (χ2v) is 5.11. The maximum Gasteiger partial charge on any atom is 0.338 e. The van der Waals surface area contributed by atoms with Crippen LogP contribution >= 0.6 is 0 Å². The fraction of sp³-hybridized carbons (Fsp3) is 0.158. The number of benzene rings is 2. The lowest BCUT2D eigenvalue weighted by molar-refractivity contribution is 0.0526. The summed E-state index contributed by atoms with van der Waals surface area (Å²) in [5.41, 5.74) is 1.83. The second kappa shape index (κ2) is 7.00. The van der Waals surface area contributed by atoms with Crippen molar-refractivity contribution >= 4 is 17.8 Å². The van der Waals surface area contributed by atoms with Crippen LogP contribution in [0.4, 0.5) is 0 Å². The molecule has 0 fully saturated rings. The van der Waals surface area contributed by atoms with E-state index < -0.39 is 0 Å². The Morgan fingerprint density at radius 1 is 1.04 bits per heavy atom. The molecule has 0 aliphatic carbocycles. The highest BCUT2D eigenvalue weighted by molar-refractivity contribution is 6.07. The summed E-state index contributed by atoms with van der Waals surface area (Å²) in [5.74, 6) is 0.727. The van der Waals surface area contributed by atoms with Gasteiger partial charge in [-0.2, -0.15) is 0 Å². The van der Waals surface area contributed by atoms with Gasteiger partial charge in [-0.25, -0.2) is 4.79 Å². The first kappa shape index (κ1) is 15.8. The number of rotatable bonds is 5. The van der Waals surface area contributed by atoms with Crippen LogP contribution in [0.25, 0.3) is 6.08 Å². The zero-order valence-electron chi connectivity index (χ0n) is 13.2. The first-order chi connectivity index (χ1) is 11.7. The van der Waals surface area contributed by atoms with E-state index in [1.807, 2.05) is 0 Å². The Kier molecular flexibility index (Phi) is 4.61. The van der Waals surface area contributed by atoms with Crippen molar-refractivity contribution < 1.29 is 23.8 Å². The molecule has 0 saturated heterocycles. The summed E-state index contributed by atoms with van der Waals surface area (Å²) in [6.07, 6.45) is 3.18. The Bertz CT molecular complexity index is 790. The molecule has 0 amide bonds. The molecule has 24 heavy (non-hydrogen) atoms. The van der Waals surface area contributed by atoms with E-state index in [0.29, 0.717) is 29.2 Å². The maximum atomic E-state index is 12.2. The minimum Gasteiger partial charge on any atom is -0.462 e. The summed E-state index contributed by atoms with van der Waals surface area (Å²) in [6.45, 7) is 2.27. The first-order valence-electron chi connectivity index (χ1n) is 7.56. The summed E-state index contributed by atoms with van der Waals surface area (Å²) in [7, 11) is 0. The molecule has 0 atom stereocenters. The van der Waals surface area contributed by atoms with Crippen molar-refractivity contribution in [1.82, 2.24) is 0 Å². The zero-order chi connectivity index (χ0) is 16.9. The van der Waals surface area contributed by atoms with E-state index in [2.05, 4.69) is 0 Å². The van der Waals surface area contributed by atoms with Crippen LogP contribution in [0.15, 0.2) is 48.5 Å². The van der Waals surface area contributed by atoms with E-state index >= 15 is 0 Å². The van der Waals surface area contributed by atoms with Gasteiger partial charge in [-0.1, -0.05) is 18.2 Å². The number of ketones is 1. The highest BCUT2D eigenvalue weighted by Gasteiger charge is 2.15. The quantitative estimate of drug-likeness (QED) is 0.479. The van der Waals surface area contributed by atoms with E-state index in [4.69, 9.17) is 14.2 Å². The third-order valence-electron chi connectivity index (χ3n) is 3.51. The largest absolute Gasteiger partial charge is 0.462 e. The van der Waals surface area contributed by atoms with Gasteiger partial charge in [0.15, 0.2) is 17.3 Å². The number of hydrogen-bond acceptors (Lipinski definition) is 5. The van der Waals surface area contributed by atoms with Gasteiger partial charge in [-0.15, -0.1) is 0 Å². The molecule has 0 N–H and O–H groups in total. The van der Waals surface area contributed by atoms with Crippen LogP contribution < -0.4 is 9.47 Å². The van der Waals surface area contributed by atoms with Crippen molar-refractivity contribution in [1.29, 1.82) is 0 Å². The van der Waals surface area contributed by atoms with Crippen molar-refractivity contribution in [3.8, 4) is 11.5 Å². The van der Waals surface area contributed by atoms with Crippen molar-refractivity contribution in [3.05, 3.63) is 65.2 Å². The minimum atomic E-state index is -0.357. The maximum absolute atomic E-state index is 12.2. The molecule has 5 heteroatoms. The van der Waals surface area contributed by atoms with Crippen molar-refractivity contribution in [2.45, 2.75) is 6.92 Å². The number of carbonyl (C=O) groups excluding carboxylic acids is 2. The molecule has 0 aromatic heterocycles. The topological polar surface area (TPSA) is 61.8 Å². The van der Waals surface area contributed by atoms with Gasteiger partial charge < -0.3 is 14.2 Å². The Balaban J connectivity index is 1.69. The van der Waals surface area contributed by atoms with E-state index in [1.54, 1.807) is 55.5 Å². The average molecular weight is 324 g/mol. The van der Waals surface area contributed by atoms with Gasteiger partial charge in [0.1, 0.15) is 0 Å². The SMILES string of the molecule is CCOC(=O)c1ccc(/C=C/C(=O)c2ccc3c(c2)OCO3)cc1.